The lowest BCUT2D eigenvalue weighted by Gasteiger charge is -1.99. The average Bonchev–Trinajstić information content (AvgIpc) is 2.98. The minimum absolute atomic E-state index is 0.266. The number of hydrogen-bond donors (Lipinski definition) is 2. The van der Waals surface area contributed by atoms with Crippen LogP contribution in [0.5, 0.6) is 0 Å². The number of nitrogen functional groups attached to an aromatic ring is 1. The van der Waals surface area contributed by atoms with Gasteiger partial charge in [-0.25, -0.2) is 0 Å². The Morgan fingerprint density at radius 2 is 2.18 bits per heavy atom. The van der Waals surface area contributed by atoms with Crippen molar-refractivity contribution in [2.45, 2.75) is 0 Å². The van der Waals surface area contributed by atoms with Gasteiger partial charge in [-0.2, -0.15) is 5.10 Å². The van der Waals surface area contributed by atoms with Crippen molar-refractivity contribution in [1.82, 2.24) is 20.3 Å². The molecular weight excluding hydrogens is 218 g/mol. The van der Waals surface area contributed by atoms with Gasteiger partial charge in [0.1, 0.15) is 5.69 Å². The number of aromatic amines is 1. The molecule has 3 aromatic rings. The van der Waals surface area contributed by atoms with E-state index in [4.69, 9.17) is 10.3 Å². The van der Waals surface area contributed by atoms with Gasteiger partial charge in [-0.3, -0.25) is 10.1 Å². The molecule has 0 atom stereocenters. The Hall–Kier alpha value is -2.63. The summed E-state index contributed by atoms with van der Waals surface area (Å²) in [6.45, 7) is 0. The summed E-state index contributed by atoms with van der Waals surface area (Å²) in [7, 11) is 0. The van der Waals surface area contributed by atoms with E-state index >= 15 is 0 Å². The molecule has 0 aromatic carbocycles. The van der Waals surface area contributed by atoms with Gasteiger partial charge in [-0.05, 0) is 12.1 Å². The Labute approximate surface area is 96.5 Å². The number of hydrogen-bond acceptors (Lipinski definition) is 5. The molecule has 84 valence electrons. The van der Waals surface area contributed by atoms with Gasteiger partial charge < -0.3 is 10.3 Å². The number of nitrogens with zero attached hydrogens (tertiary/aromatic N) is 3. The standard InChI is InChI=1S/C11H9N5O/c12-11-9(7-2-1-4-13-6-7)10(16-17-11)8-3-5-14-15-8/h1-6H,12H2,(H,14,15). The number of H-pyrrole nitrogens is 1. The molecule has 3 N–H and O–H groups in total. The first-order valence-corrected chi connectivity index (χ1v) is 5.01. The summed E-state index contributed by atoms with van der Waals surface area (Å²) in [5.41, 5.74) is 8.76. The van der Waals surface area contributed by atoms with Crippen LogP contribution in [0, 0.1) is 0 Å². The monoisotopic (exact) mass is 227 g/mol. The van der Waals surface area contributed by atoms with Crippen molar-refractivity contribution in [2.75, 3.05) is 5.73 Å². The minimum atomic E-state index is 0.266. The summed E-state index contributed by atoms with van der Waals surface area (Å²) in [5, 5.41) is 10.6. The van der Waals surface area contributed by atoms with Crippen LogP contribution in [-0.4, -0.2) is 20.3 Å². The van der Waals surface area contributed by atoms with Crippen molar-refractivity contribution in [1.29, 1.82) is 0 Å². The van der Waals surface area contributed by atoms with Crippen LogP contribution >= 0.6 is 0 Å². The molecule has 6 heteroatoms. The van der Waals surface area contributed by atoms with E-state index in [-0.39, 0.29) is 5.88 Å². The van der Waals surface area contributed by atoms with Gasteiger partial charge in [0.05, 0.1) is 11.3 Å². The number of nitrogens with one attached hydrogen (secondary N) is 1. The highest BCUT2D eigenvalue weighted by Crippen LogP contribution is 2.34. The van der Waals surface area contributed by atoms with Crippen molar-refractivity contribution >= 4 is 5.88 Å². The maximum Gasteiger partial charge on any atom is 0.230 e. The van der Waals surface area contributed by atoms with E-state index in [1.165, 1.54) is 0 Å². The van der Waals surface area contributed by atoms with E-state index in [0.29, 0.717) is 5.69 Å². The van der Waals surface area contributed by atoms with Gasteiger partial charge in [-0.15, -0.1) is 0 Å². The first kappa shape index (κ1) is 9.59. The van der Waals surface area contributed by atoms with E-state index in [0.717, 1.165) is 16.8 Å². The zero-order chi connectivity index (χ0) is 11.7. The third kappa shape index (κ3) is 1.55. The molecule has 0 radical (unpaired) electrons. The van der Waals surface area contributed by atoms with Crippen LogP contribution in [0.1, 0.15) is 0 Å². The smallest absolute Gasteiger partial charge is 0.230 e. The molecule has 0 bridgehead atoms. The lowest BCUT2D eigenvalue weighted by Crippen LogP contribution is -1.88. The number of aromatic nitrogens is 4. The molecule has 0 amide bonds. The van der Waals surface area contributed by atoms with E-state index in [2.05, 4.69) is 20.3 Å². The van der Waals surface area contributed by atoms with Crippen LogP contribution in [0.3, 0.4) is 0 Å². The Morgan fingerprint density at radius 3 is 2.88 bits per heavy atom. The van der Waals surface area contributed by atoms with Gasteiger partial charge in [0.25, 0.3) is 0 Å². The molecule has 0 saturated carbocycles. The maximum atomic E-state index is 5.79. The van der Waals surface area contributed by atoms with Crippen LogP contribution in [-0.2, 0) is 0 Å². The summed E-state index contributed by atoms with van der Waals surface area (Å²) >= 11 is 0. The molecule has 3 heterocycles. The third-order valence-electron chi connectivity index (χ3n) is 2.42. The molecule has 17 heavy (non-hydrogen) atoms. The zero-order valence-electron chi connectivity index (χ0n) is 8.79. The largest absolute Gasteiger partial charge is 0.367 e. The van der Waals surface area contributed by atoms with Crippen LogP contribution in [0.25, 0.3) is 22.5 Å². The van der Waals surface area contributed by atoms with Crippen molar-refractivity contribution in [3.8, 4) is 22.5 Å². The predicted octanol–water partition coefficient (Wildman–Crippen LogP) is 1.71. The van der Waals surface area contributed by atoms with Gasteiger partial charge >= 0.3 is 0 Å². The molecule has 0 aliphatic rings. The van der Waals surface area contributed by atoms with Gasteiger partial charge in [0.15, 0.2) is 0 Å². The minimum Gasteiger partial charge on any atom is -0.367 e. The molecule has 3 rings (SSSR count). The van der Waals surface area contributed by atoms with Crippen LogP contribution in [0.2, 0.25) is 0 Å². The summed E-state index contributed by atoms with van der Waals surface area (Å²) in [4.78, 5) is 4.05. The zero-order valence-corrected chi connectivity index (χ0v) is 8.79. The van der Waals surface area contributed by atoms with E-state index in [1.807, 2.05) is 12.1 Å². The molecule has 0 spiro atoms. The van der Waals surface area contributed by atoms with E-state index in [1.54, 1.807) is 24.7 Å². The number of nitrogens with two attached hydrogens (primary N) is 1. The number of anilines is 1. The van der Waals surface area contributed by atoms with Gasteiger partial charge in [0, 0.05) is 24.2 Å². The fourth-order valence-corrected chi connectivity index (χ4v) is 1.66. The lowest BCUT2D eigenvalue weighted by molar-refractivity contribution is 0.439. The molecule has 0 aliphatic carbocycles. The summed E-state index contributed by atoms with van der Waals surface area (Å²) in [5.74, 6) is 0.266. The summed E-state index contributed by atoms with van der Waals surface area (Å²) in [6.07, 6.45) is 5.05. The Kier molecular flexibility index (Phi) is 2.11. The second kappa shape index (κ2) is 3.75. The average molecular weight is 227 g/mol. The Morgan fingerprint density at radius 1 is 1.24 bits per heavy atom. The molecular formula is C11H9N5O. The third-order valence-corrected chi connectivity index (χ3v) is 2.42. The molecule has 0 unspecified atom stereocenters. The fourth-order valence-electron chi connectivity index (χ4n) is 1.66. The van der Waals surface area contributed by atoms with Gasteiger partial charge in [0.2, 0.25) is 5.88 Å². The summed E-state index contributed by atoms with van der Waals surface area (Å²) < 4.78 is 5.03. The van der Waals surface area contributed by atoms with Crippen molar-refractivity contribution in [3.05, 3.63) is 36.8 Å². The quantitative estimate of drug-likeness (QED) is 0.695. The van der Waals surface area contributed by atoms with E-state index < -0.39 is 0 Å². The normalized spacial score (nSPS) is 10.6. The SMILES string of the molecule is Nc1onc(-c2ccn[nH]2)c1-c1cccnc1. The predicted molar refractivity (Wildman–Crippen MR) is 61.7 cm³/mol. The molecule has 6 nitrogen and oxygen atoms in total. The molecule has 3 aromatic heterocycles. The molecule has 0 saturated heterocycles. The topological polar surface area (TPSA) is 93.6 Å². The number of rotatable bonds is 2. The number of pyridine rings is 1. The highest BCUT2D eigenvalue weighted by molar-refractivity contribution is 5.85. The first-order valence-electron chi connectivity index (χ1n) is 5.01. The van der Waals surface area contributed by atoms with Crippen LogP contribution in [0.4, 0.5) is 5.88 Å². The van der Waals surface area contributed by atoms with Crippen molar-refractivity contribution in [3.63, 3.8) is 0 Å². The van der Waals surface area contributed by atoms with E-state index in [9.17, 15) is 0 Å². The second-order valence-electron chi connectivity index (χ2n) is 3.48. The molecule has 0 aliphatic heterocycles. The second-order valence-corrected chi connectivity index (χ2v) is 3.48. The van der Waals surface area contributed by atoms with Crippen LogP contribution in [0.15, 0.2) is 41.3 Å². The van der Waals surface area contributed by atoms with Gasteiger partial charge in [-0.1, -0.05) is 11.2 Å². The fraction of sp³-hybridized carbons (Fsp3) is 0. The Balaban J connectivity index is 2.20. The molecule has 0 fully saturated rings. The Bertz CT molecular complexity index is 615. The maximum absolute atomic E-state index is 5.79. The van der Waals surface area contributed by atoms with Crippen molar-refractivity contribution < 1.29 is 4.52 Å². The van der Waals surface area contributed by atoms with Crippen LogP contribution < -0.4 is 5.73 Å². The highest BCUT2D eigenvalue weighted by atomic mass is 16.5. The summed E-state index contributed by atoms with van der Waals surface area (Å²) in [6, 6.07) is 5.53. The van der Waals surface area contributed by atoms with Crippen molar-refractivity contribution in [2.24, 2.45) is 0 Å². The highest BCUT2D eigenvalue weighted by Gasteiger charge is 2.18. The lowest BCUT2D eigenvalue weighted by atomic mass is 10.1. The first-order chi connectivity index (χ1) is 8.36.